The van der Waals surface area contributed by atoms with Gasteiger partial charge in [0.05, 0.1) is 11.8 Å². The highest BCUT2D eigenvalue weighted by molar-refractivity contribution is 9.10. The summed E-state index contributed by atoms with van der Waals surface area (Å²) in [5, 5.41) is 3.92. The van der Waals surface area contributed by atoms with Gasteiger partial charge in [-0.05, 0) is 23.8 Å². The van der Waals surface area contributed by atoms with Crippen LogP contribution in [0.4, 0.5) is 13.2 Å². The van der Waals surface area contributed by atoms with E-state index in [0.29, 0.717) is 10.0 Å². The van der Waals surface area contributed by atoms with Crippen LogP contribution in [0.25, 0.3) is 0 Å². The SMILES string of the molecule is Cn1cc(CC(=O)c2cc(C(F)(F)F)ccc2Br)cn1. The van der Waals surface area contributed by atoms with Gasteiger partial charge in [-0.2, -0.15) is 18.3 Å². The number of hydrogen-bond acceptors (Lipinski definition) is 2. The molecule has 0 aliphatic rings. The van der Waals surface area contributed by atoms with Gasteiger partial charge < -0.3 is 0 Å². The van der Waals surface area contributed by atoms with Gasteiger partial charge in [-0.15, -0.1) is 0 Å². The molecule has 106 valence electrons. The predicted octanol–water partition coefficient (Wildman–Crippen LogP) is 3.63. The molecule has 0 unspecified atom stereocenters. The zero-order valence-corrected chi connectivity index (χ0v) is 12.0. The zero-order chi connectivity index (χ0) is 14.9. The monoisotopic (exact) mass is 346 g/mol. The molecule has 0 aliphatic heterocycles. The van der Waals surface area contributed by atoms with E-state index in [-0.39, 0.29) is 12.0 Å². The highest BCUT2D eigenvalue weighted by atomic mass is 79.9. The van der Waals surface area contributed by atoms with Crippen molar-refractivity contribution >= 4 is 21.7 Å². The van der Waals surface area contributed by atoms with Gasteiger partial charge in [-0.3, -0.25) is 9.48 Å². The minimum Gasteiger partial charge on any atom is -0.294 e. The number of aromatic nitrogens is 2. The Hall–Kier alpha value is -1.63. The fourth-order valence-electron chi connectivity index (χ4n) is 1.76. The molecular weight excluding hydrogens is 337 g/mol. The van der Waals surface area contributed by atoms with E-state index in [9.17, 15) is 18.0 Å². The molecule has 0 amide bonds. The summed E-state index contributed by atoms with van der Waals surface area (Å²) in [6.07, 6.45) is -1.30. The van der Waals surface area contributed by atoms with Crippen molar-refractivity contribution in [3.63, 3.8) is 0 Å². The highest BCUT2D eigenvalue weighted by Crippen LogP contribution is 2.32. The third kappa shape index (κ3) is 3.27. The summed E-state index contributed by atoms with van der Waals surface area (Å²) >= 11 is 3.11. The smallest absolute Gasteiger partial charge is 0.294 e. The molecule has 0 saturated carbocycles. The number of aryl methyl sites for hydroxylation is 1. The van der Waals surface area contributed by atoms with Crippen LogP contribution in [0.3, 0.4) is 0 Å². The van der Waals surface area contributed by atoms with Crippen molar-refractivity contribution in [3.05, 3.63) is 51.8 Å². The van der Waals surface area contributed by atoms with Crippen molar-refractivity contribution in [3.8, 4) is 0 Å². The number of Topliss-reactive ketones (excluding diaryl/α,β-unsaturated/α-hetero) is 1. The maximum Gasteiger partial charge on any atom is 0.416 e. The van der Waals surface area contributed by atoms with Gasteiger partial charge in [-0.1, -0.05) is 15.9 Å². The van der Waals surface area contributed by atoms with Crippen molar-refractivity contribution in [2.24, 2.45) is 7.05 Å². The average Bonchev–Trinajstić information content (AvgIpc) is 2.73. The normalized spacial score (nSPS) is 11.7. The van der Waals surface area contributed by atoms with Crippen LogP contribution in [0.2, 0.25) is 0 Å². The predicted molar refractivity (Wildman–Crippen MR) is 70.4 cm³/mol. The third-order valence-electron chi connectivity index (χ3n) is 2.72. The standard InChI is InChI=1S/C13H10BrF3N2O/c1-19-7-8(6-18-19)4-12(20)10-5-9(13(15,16)17)2-3-11(10)14/h2-3,5-7H,4H2,1H3. The molecule has 1 heterocycles. The molecule has 3 nitrogen and oxygen atoms in total. The second-order valence-corrected chi connectivity index (χ2v) is 5.17. The molecule has 2 aromatic rings. The maximum atomic E-state index is 12.7. The number of hydrogen-bond donors (Lipinski definition) is 0. The molecule has 7 heteroatoms. The Kier molecular flexibility index (Phi) is 3.99. The van der Waals surface area contributed by atoms with E-state index >= 15 is 0 Å². The minimum absolute atomic E-state index is 0.00769. The molecule has 0 radical (unpaired) electrons. The Labute approximate surface area is 121 Å². The number of carbonyl (C=O) groups excluding carboxylic acids is 1. The Balaban J connectivity index is 2.29. The van der Waals surface area contributed by atoms with E-state index in [1.54, 1.807) is 13.2 Å². The molecule has 0 atom stereocenters. The van der Waals surface area contributed by atoms with Crippen LogP contribution in [0.1, 0.15) is 21.5 Å². The largest absolute Gasteiger partial charge is 0.416 e. The zero-order valence-electron chi connectivity index (χ0n) is 10.4. The highest BCUT2D eigenvalue weighted by Gasteiger charge is 2.31. The second-order valence-electron chi connectivity index (χ2n) is 4.31. The van der Waals surface area contributed by atoms with Crippen LogP contribution >= 0.6 is 15.9 Å². The Morgan fingerprint density at radius 1 is 1.40 bits per heavy atom. The van der Waals surface area contributed by atoms with Gasteiger partial charge in [0.1, 0.15) is 0 Å². The molecule has 20 heavy (non-hydrogen) atoms. The molecule has 1 aromatic heterocycles. The van der Waals surface area contributed by atoms with Gasteiger partial charge in [0.2, 0.25) is 0 Å². The number of alkyl halides is 3. The lowest BCUT2D eigenvalue weighted by Crippen LogP contribution is -2.09. The van der Waals surface area contributed by atoms with Crippen molar-refractivity contribution in [1.29, 1.82) is 0 Å². The van der Waals surface area contributed by atoms with Crippen LogP contribution in [0.15, 0.2) is 35.1 Å². The molecule has 2 rings (SSSR count). The van der Waals surface area contributed by atoms with Crippen LogP contribution in [-0.2, 0) is 19.6 Å². The third-order valence-corrected chi connectivity index (χ3v) is 3.41. The van der Waals surface area contributed by atoms with Crippen LogP contribution in [-0.4, -0.2) is 15.6 Å². The van der Waals surface area contributed by atoms with Gasteiger partial charge in [0.25, 0.3) is 0 Å². The number of rotatable bonds is 3. The fraction of sp³-hybridized carbons (Fsp3) is 0.231. The van der Waals surface area contributed by atoms with Crippen molar-refractivity contribution in [1.82, 2.24) is 9.78 Å². The number of halogens is 4. The lowest BCUT2D eigenvalue weighted by atomic mass is 10.0. The van der Waals surface area contributed by atoms with Gasteiger partial charge in [0.15, 0.2) is 5.78 Å². The van der Waals surface area contributed by atoms with E-state index in [1.165, 1.54) is 16.9 Å². The molecule has 0 bridgehead atoms. The van der Waals surface area contributed by atoms with E-state index in [0.717, 1.165) is 12.1 Å². The Morgan fingerprint density at radius 3 is 2.65 bits per heavy atom. The Bertz CT molecular complexity index is 649. The Morgan fingerprint density at radius 2 is 2.10 bits per heavy atom. The number of nitrogens with zero attached hydrogens (tertiary/aromatic N) is 2. The fourth-order valence-corrected chi connectivity index (χ4v) is 2.23. The van der Waals surface area contributed by atoms with Crippen LogP contribution < -0.4 is 0 Å². The summed E-state index contributed by atoms with van der Waals surface area (Å²) in [4.78, 5) is 12.1. The van der Waals surface area contributed by atoms with E-state index in [2.05, 4.69) is 21.0 Å². The van der Waals surface area contributed by atoms with E-state index < -0.39 is 17.5 Å². The molecule has 1 aromatic carbocycles. The summed E-state index contributed by atoms with van der Waals surface area (Å²) in [5.41, 5.74) is -0.166. The van der Waals surface area contributed by atoms with E-state index in [1.807, 2.05) is 0 Å². The first-order valence-corrected chi connectivity index (χ1v) is 6.44. The quantitative estimate of drug-likeness (QED) is 0.795. The first-order valence-electron chi connectivity index (χ1n) is 5.65. The van der Waals surface area contributed by atoms with Gasteiger partial charge >= 0.3 is 6.18 Å². The second kappa shape index (κ2) is 5.40. The minimum atomic E-state index is -4.47. The first kappa shape index (κ1) is 14.8. The van der Waals surface area contributed by atoms with Crippen LogP contribution in [0.5, 0.6) is 0 Å². The molecule has 0 fully saturated rings. The summed E-state index contributed by atoms with van der Waals surface area (Å²) in [6.45, 7) is 0. The topological polar surface area (TPSA) is 34.9 Å². The molecule has 0 spiro atoms. The number of benzene rings is 1. The average molecular weight is 347 g/mol. The molecular formula is C13H10BrF3N2O. The van der Waals surface area contributed by atoms with Crippen molar-refractivity contribution in [2.75, 3.05) is 0 Å². The summed E-state index contributed by atoms with van der Waals surface area (Å²) in [6, 6.07) is 3.03. The summed E-state index contributed by atoms with van der Waals surface area (Å²) in [5.74, 6) is -0.393. The number of carbonyl (C=O) groups is 1. The molecule has 0 aliphatic carbocycles. The molecule has 0 N–H and O–H groups in total. The summed E-state index contributed by atoms with van der Waals surface area (Å²) in [7, 11) is 1.70. The van der Waals surface area contributed by atoms with Gasteiger partial charge in [-0.25, -0.2) is 0 Å². The lowest BCUT2D eigenvalue weighted by molar-refractivity contribution is -0.137. The first-order chi connectivity index (χ1) is 9.27. The van der Waals surface area contributed by atoms with Crippen molar-refractivity contribution < 1.29 is 18.0 Å². The summed E-state index contributed by atoms with van der Waals surface area (Å²) < 4.78 is 39.8. The lowest BCUT2D eigenvalue weighted by Gasteiger charge is -2.09. The number of ketones is 1. The maximum absolute atomic E-state index is 12.7. The van der Waals surface area contributed by atoms with Crippen molar-refractivity contribution in [2.45, 2.75) is 12.6 Å². The molecule has 0 saturated heterocycles. The van der Waals surface area contributed by atoms with Gasteiger partial charge in [0, 0.05) is 29.7 Å². The van der Waals surface area contributed by atoms with E-state index in [4.69, 9.17) is 0 Å². The van der Waals surface area contributed by atoms with Crippen LogP contribution in [0, 0.1) is 0 Å².